The van der Waals surface area contributed by atoms with Crippen LogP contribution in [0, 0.1) is 0 Å². The number of hydrogen-bond acceptors (Lipinski definition) is 2. The lowest BCUT2D eigenvalue weighted by molar-refractivity contribution is 0.0900. The van der Waals surface area contributed by atoms with E-state index in [9.17, 15) is 5.11 Å². The summed E-state index contributed by atoms with van der Waals surface area (Å²) in [7, 11) is -1.73. The first-order valence-corrected chi connectivity index (χ1v) is 12.1. The SMILES string of the molecule is CC(C)=CCCC(C)(O)/C(=C\CO[Si](C)(C)C(C)(C)C)CBr. The van der Waals surface area contributed by atoms with Crippen LogP contribution in [0.2, 0.25) is 18.1 Å². The Labute approximate surface area is 147 Å². The van der Waals surface area contributed by atoms with Gasteiger partial charge in [-0.25, -0.2) is 0 Å². The molecule has 0 saturated heterocycles. The van der Waals surface area contributed by atoms with Gasteiger partial charge in [0.2, 0.25) is 0 Å². The van der Waals surface area contributed by atoms with E-state index in [4.69, 9.17) is 4.43 Å². The number of rotatable bonds is 8. The molecular formula is C18H35BrO2Si. The summed E-state index contributed by atoms with van der Waals surface area (Å²) in [5.74, 6) is 0. The fraction of sp³-hybridized carbons (Fsp3) is 0.778. The number of allylic oxidation sites excluding steroid dienone is 2. The highest BCUT2D eigenvalue weighted by atomic mass is 79.9. The van der Waals surface area contributed by atoms with Crippen molar-refractivity contribution in [1.29, 1.82) is 0 Å². The molecule has 130 valence electrons. The molecule has 0 amide bonds. The van der Waals surface area contributed by atoms with Crippen LogP contribution in [0.5, 0.6) is 0 Å². The minimum absolute atomic E-state index is 0.210. The third kappa shape index (κ3) is 7.58. The Morgan fingerprint density at radius 1 is 1.14 bits per heavy atom. The third-order valence-corrected chi connectivity index (χ3v) is 9.70. The molecule has 22 heavy (non-hydrogen) atoms. The van der Waals surface area contributed by atoms with E-state index in [0.717, 1.165) is 18.4 Å². The van der Waals surface area contributed by atoms with Crippen molar-refractivity contribution in [2.75, 3.05) is 11.9 Å². The van der Waals surface area contributed by atoms with Gasteiger partial charge < -0.3 is 9.53 Å². The van der Waals surface area contributed by atoms with Gasteiger partial charge in [-0.05, 0) is 57.3 Å². The van der Waals surface area contributed by atoms with E-state index in [0.29, 0.717) is 11.9 Å². The van der Waals surface area contributed by atoms with Crippen LogP contribution in [0.1, 0.15) is 54.4 Å². The maximum atomic E-state index is 10.7. The molecule has 0 saturated carbocycles. The van der Waals surface area contributed by atoms with Gasteiger partial charge in [-0.2, -0.15) is 0 Å². The van der Waals surface area contributed by atoms with Gasteiger partial charge in [0, 0.05) is 5.33 Å². The van der Waals surface area contributed by atoms with Crippen LogP contribution in [0.3, 0.4) is 0 Å². The molecule has 2 nitrogen and oxygen atoms in total. The molecule has 1 N–H and O–H groups in total. The van der Waals surface area contributed by atoms with Gasteiger partial charge in [-0.1, -0.05) is 54.4 Å². The standard InChI is InChI=1S/C18H35BrO2Si/c1-15(2)10-9-12-18(6,20)16(14-19)11-13-21-22(7,8)17(3,4)5/h10-11,20H,9,12-14H2,1-8H3/b16-11-. The zero-order chi connectivity index (χ0) is 17.6. The van der Waals surface area contributed by atoms with Gasteiger partial charge in [0.1, 0.15) is 0 Å². The fourth-order valence-corrected chi connectivity index (χ4v) is 3.55. The predicted molar refractivity (Wildman–Crippen MR) is 104 cm³/mol. The second-order valence-corrected chi connectivity index (χ2v) is 13.4. The average molecular weight is 391 g/mol. The van der Waals surface area contributed by atoms with Gasteiger partial charge in [-0.15, -0.1) is 0 Å². The molecule has 0 aromatic rings. The summed E-state index contributed by atoms with van der Waals surface area (Å²) in [5, 5.41) is 11.6. The van der Waals surface area contributed by atoms with Gasteiger partial charge >= 0.3 is 0 Å². The normalized spacial score (nSPS) is 16.4. The minimum Gasteiger partial charge on any atom is -0.413 e. The lowest BCUT2D eigenvalue weighted by Gasteiger charge is -2.36. The Hall–Kier alpha value is 0.0969. The van der Waals surface area contributed by atoms with E-state index >= 15 is 0 Å². The van der Waals surface area contributed by atoms with Crippen LogP contribution < -0.4 is 0 Å². The molecule has 0 fully saturated rings. The van der Waals surface area contributed by atoms with Crippen LogP contribution in [0.4, 0.5) is 0 Å². The van der Waals surface area contributed by atoms with E-state index in [1.165, 1.54) is 5.57 Å². The Morgan fingerprint density at radius 2 is 1.68 bits per heavy atom. The molecule has 0 bridgehead atoms. The first kappa shape index (κ1) is 22.1. The highest BCUT2D eigenvalue weighted by Crippen LogP contribution is 2.36. The smallest absolute Gasteiger partial charge is 0.192 e. The van der Waals surface area contributed by atoms with Gasteiger partial charge in [-0.3, -0.25) is 0 Å². The van der Waals surface area contributed by atoms with Crippen molar-refractivity contribution < 1.29 is 9.53 Å². The van der Waals surface area contributed by atoms with E-state index in [1.807, 2.05) is 6.92 Å². The summed E-state index contributed by atoms with van der Waals surface area (Å²) in [6.45, 7) is 17.9. The molecule has 0 aromatic carbocycles. The van der Waals surface area contributed by atoms with Crippen molar-refractivity contribution in [3.05, 3.63) is 23.3 Å². The van der Waals surface area contributed by atoms with Gasteiger partial charge in [0.05, 0.1) is 12.2 Å². The number of hydrogen-bond donors (Lipinski definition) is 1. The van der Waals surface area contributed by atoms with E-state index in [1.54, 1.807) is 0 Å². The van der Waals surface area contributed by atoms with Crippen LogP contribution in [0.25, 0.3) is 0 Å². The van der Waals surface area contributed by atoms with Crippen LogP contribution in [-0.2, 0) is 4.43 Å². The zero-order valence-electron chi connectivity index (χ0n) is 15.7. The first-order valence-electron chi connectivity index (χ1n) is 8.08. The van der Waals surface area contributed by atoms with Crippen LogP contribution in [-0.4, -0.2) is 31.0 Å². The molecule has 0 rings (SSSR count). The van der Waals surface area contributed by atoms with Crippen molar-refractivity contribution in [2.24, 2.45) is 0 Å². The fourth-order valence-electron chi connectivity index (χ4n) is 1.79. The summed E-state index contributed by atoms with van der Waals surface area (Å²) >= 11 is 3.50. The second kappa shape index (κ2) is 8.81. The van der Waals surface area contributed by atoms with Crippen molar-refractivity contribution in [1.82, 2.24) is 0 Å². The number of halogens is 1. The van der Waals surface area contributed by atoms with Crippen LogP contribution >= 0.6 is 15.9 Å². The van der Waals surface area contributed by atoms with E-state index in [-0.39, 0.29) is 5.04 Å². The number of alkyl halides is 1. The first-order chi connectivity index (χ1) is 9.83. The molecule has 1 unspecified atom stereocenters. The van der Waals surface area contributed by atoms with Gasteiger partial charge in [0.15, 0.2) is 8.32 Å². The van der Waals surface area contributed by atoms with Crippen molar-refractivity contribution in [2.45, 2.75) is 78.1 Å². The third-order valence-electron chi connectivity index (χ3n) is 4.60. The molecule has 0 spiro atoms. The lowest BCUT2D eigenvalue weighted by Crippen LogP contribution is -2.41. The molecule has 0 heterocycles. The number of aliphatic hydroxyl groups is 1. The molecule has 0 aromatic heterocycles. The summed E-state index contributed by atoms with van der Waals surface area (Å²) in [6.07, 6.45) is 5.85. The largest absolute Gasteiger partial charge is 0.413 e. The molecule has 4 heteroatoms. The maximum Gasteiger partial charge on any atom is 0.192 e. The molecule has 0 radical (unpaired) electrons. The summed E-state index contributed by atoms with van der Waals surface area (Å²) in [6, 6.07) is 0. The van der Waals surface area contributed by atoms with Crippen molar-refractivity contribution in [3.63, 3.8) is 0 Å². The van der Waals surface area contributed by atoms with Crippen molar-refractivity contribution >= 4 is 24.2 Å². The quantitative estimate of drug-likeness (QED) is 0.321. The molecular weight excluding hydrogens is 356 g/mol. The average Bonchev–Trinajstić information content (AvgIpc) is 2.32. The summed E-state index contributed by atoms with van der Waals surface area (Å²) < 4.78 is 6.18. The Morgan fingerprint density at radius 3 is 2.09 bits per heavy atom. The van der Waals surface area contributed by atoms with Gasteiger partial charge in [0.25, 0.3) is 0 Å². The summed E-state index contributed by atoms with van der Waals surface area (Å²) in [5.41, 5.74) is 1.52. The zero-order valence-corrected chi connectivity index (χ0v) is 18.3. The highest BCUT2D eigenvalue weighted by molar-refractivity contribution is 9.09. The van der Waals surface area contributed by atoms with E-state index < -0.39 is 13.9 Å². The van der Waals surface area contributed by atoms with Crippen LogP contribution in [0.15, 0.2) is 23.3 Å². The topological polar surface area (TPSA) is 29.5 Å². The molecule has 1 atom stereocenters. The Kier molecular flexibility index (Phi) is 8.85. The lowest BCUT2D eigenvalue weighted by atomic mass is 9.91. The highest BCUT2D eigenvalue weighted by Gasteiger charge is 2.36. The Balaban J connectivity index is 4.78. The minimum atomic E-state index is -1.73. The molecule has 0 aliphatic carbocycles. The maximum absolute atomic E-state index is 10.7. The molecule has 0 aliphatic heterocycles. The monoisotopic (exact) mass is 390 g/mol. The predicted octanol–water partition coefficient (Wildman–Crippen LogP) is 5.83. The van der Waals surface area contributed by atoms with E-state index in [2.05, 4.69) is 75.8 Å². The molecule has 0 aliphatic rings. The second-order valence-electron chi connectivity index (χ2n) is 8.03. The summed E-state index contributed by atoms with van der Waals surface area (Å²) in [4.78, 5) is 0. The Bertz CT molecular complexity index is 400. The van der Waals surface area contributed by atoms with Crippen molar-refractivity contribution in [3.8, 4) is 0 Å².